The number of nitrogens with two attached hydrogens (primary N) is 1. The molecule has 128 valence electrons. The van der Waals surface area contributed by atoms with Crippen molar-refractivity contribution in [2.24, 2.45) is 0 Å². The molecule has 4 aromatic rings. The van der Waals surface area contributed by atoms with E-state index in [4.69, 9.17) is 10.7 Å². The highest BCUT2D eigenvalue weighted by Gasteiger charge is 2.12. The Kier molecular flexibility index (Phi) is 4.19. The van der Waals surface area contributed by atoms with E-state index in [0.29, 0.717) is 11.6 Å². The Labute approximate surface area is 152 Å². The van der Waals surface area contributed by atoms with Crippen LogP contribution in [0.4, 0.5) is 11.6 Å². The first-order chi connectivity index (χ1) is 12.7. The van der Waals surface area contributed by atoms with Gasteiger partial charge in [0, 0.05) is 17.1 Å². The van der Waals surface area contributed by atoms with Gasteiger partial charge in [0.1, 0.15) is 0 Å². The quantitative estimate of drug-likeness (QED) is 0.573. The standard InChI is InChI=1S/C21H19N5/c1-14(15-7-3-2-4-8-15)25-21-20(22)24-13-18(26-21)17-11-5-9-16-10-6-12-23-19(16)17/h2-14H,1H3,(H2,22,24)(H,25,26)/t14-/m1/s1. The van der Waals surface area contributed by atoms with Crippen LogP contribution in [0.2, 0.25) is 0 Å². The van der Waals surface area contributed by atoms with Crippen molar-refractivity contribution < 1.29 is 0 Å². The third kappa shape index (κ3) is 3.07. The molecule has 3 N–H and O–H groups in total. The van der Waals surface area contributed by atoms with Crippen LogP contribution in [0, 0.1) is 0 Å². The average Bonchev–Trinajstić information content (AvgIpc) is 2.70. The third-order valence-corrected chi connectivity index (χ3v) is 4.36. The SMILES string of the molecule is C[C@@H](Nc1nc(-c2cccc3cccnc23)cnc1N)c1ccccc1. The molecule has 0 amide bonds. The fourth-order valence-electron chi connectivity index (χ4n) is 2.98. The predicted octanol–water partition coefficient (Wildman–Crippen LogP) is 4.45. The molecule has 0 aliphatic heterocycles. The molecule has 0 aliphatic rings. The minimum atomic E-state index is 0.0636. The smallest absolute Gasteiger partial charge is 0.170 e. The fourth-order valence-corrected chi connectivity index (χ4v) is 2.98. The van der Waals surface area contributed by atoms with Crippen molar-refractivity contribution in [1.82, 2.24) is 15.0 Å². The lowest BCUT2D eigenvalue weighted by atomic mass is 10.1. The number of fused-ring (bicyclic) bond motifs is 1. The van der Waals surface area contributed by atoms with Crippen LogP contribution in [0.15, 0.2) is 73.1 Å². The van der Waals surface area contributed by atoms with Crippen molar-refractivity contribution in [2.45, 2.75) is 13.0 Å². The number of anilines is 2. The van der Waals surface area contributed by atoms with E-state index >= 15 is 0 Å². The van der Waals surface area contributed by atoms with E-state index in [2.05, 4.69) is 34.3 Å². The predicted molar refractivity (Wildman–Crippen MR) is 106 cm³/mol. The average molecular weight is 341 g/mol. The molecule has 2 aromatic heterocycles. The van der Waals surface area contributed by atoms with Gasteiger partial charge in [-0.05, 0) is 18.6 Å². The molecule has 0 saturated heterocycles. The molecule has 5 heteroatoms. The van der Waals surface area contributed by atoms with Crippen molar-refractivity contribution in [3.63, 3.8) is 0 Å². The van der Waals surface area contributed by atoms with Gasteiger partial charge in [-0.3, -0.25) is 4.98 Å². The molecule has 0 saturated carbocycles. The van der Waals surface area contributed by atoms with Gasteiger partial charge in [0.25, 0.3) is 0 Å². The number of nitrogen functional groups attached to an aromatic ring is 1. The summed E-state index contributed by atoms with van der Waals surface area (Å²) in [4.78, 5) is 13.6. The minimum absolute atomic E-state index is 0.0636. The maximum atomic E-state index is 6.05. The maximum Gasteiger partial charge on any atom is 0.170 e. The van der Waals surface area contributed by atoms with Crippen LogP contribution in [0.5, 0.6) is 0 Å². The molecule has 1 atom stereocenters. The number of hydrogen-bond donors (Lipinski definition) is 2. The van der Waals surface area contributed by atoms with E-state index in [0.717, 1.165) is 27.7 Å². The van der Waals surface area contributed by atoms with Gasteiger partial charge in [-0.1, -0.05) is 54.6 Å². The Hall–Kier alpha value is -3.47. The molecule has 0 unspecified atom stereocenters. The zero-order chi connectivity index (χ0) is 17.9. The van der Waals surface area contributed by atoms with Crippen LogP contribution < -0.4 is 11.1 Å². The first kappa shape index (κ1) is 16.0. The number of rotatable bonds is 4. The van der Waals surface area contributed by atoms with E-state index in [1.54, 1.807) is 12.4 Å². The van der Waals surface area contributed by atoms with E-state index in [1.807, 2.05) is 48.5 Å². The Balaban J connectivity index is 1.72. The van der Waals surface area contributed by atoms with Crippen molar-refractivity contribution in [3.8, 4) is 11.3 Å². The van der Waals surface area contributed by atoms with Crippen molar-refractivity contribution in [1.29, 1.82) is 0 Å². The number of para-hydroxylation sites is 1. The molecule has 5 nitrogen and oxygen atoms in total. The first-order valence-corrected chi connectivity index (χ1v) is 8.50. The van der Waals surface area contributed by atoms with Gasteiger partial charge >= 0.3 is 0 Å². The zero-order valence-corrected chi connectivity index (χ0v) is 14.4. The molecule has 0 bridgehead atoms. The molecular formula is C21H19N5. The normalized spacial score (nSPS) is 12.0. The summed E-state index contributed by atoms with van der Waals surface area (Å²) in [5.74, 6) is 0.955. The van der Waals surface area contributed by atoms with Crippen molar-refractivity contribution in [3.05, 3.63) is 78.6 Å². The lowest BCUT2D eigenvalue weighted by Gasteiger charge is -2.16. The number of pyridine rings is 1. The van der Waals surface area contributed by atoms with Gasteiger partial charge in [0.15, 0.2) is 11.6 Å². The molecule has 0 fully saturated rings. The van der Waals surface area contributed by atoms with Crippen molar-refractivity contribution in [2.75, 3.05) is 11.1 Å². The third-order valence-electron chi connectivity index (χ3n) is 4.36. The second kappa shape index (κ2) is 6.80. The molecule has 0 aliphatic carbocycles. The Morgan fingerprint density at radius 2 is 1.73 bits per heavy atom. The molecule has 2 aromatic carbocycles. The van der Waals surface area contributed by atoms with Crippen molar-refractivity contribution >= 4 is 22.5 Å². The highest BCUT2D eigenvalue weighted by atomic mass is 15.1. The van der Waals surface area contributed by atoms with E-state index in [9.17, 15) is 0 Å². The van der Waals surface area contributed by atoms with Crippen LogP contribution in [-0.4, -0.2) is 15.0 Å². The van der Waals surface area contributed by atoms with Gasteiger partial charge in [0.2, 0.25) is 0 Å². The maximum absolute atomic E-state index is 6.05. The first-order valence-electron chi connectivity index (χ1n) is 8.50. The highest BCUT2D eigenvalue weighted by molar-refractivity contribution is 5.92. The van der Waals surface area contributed by atoms with Crippen LogP contribution in [0.25, 0.3) is 22.2 Å². The molecule has 0 spiro atoms. The Morgan fingerprint density at radius 3 is 2.58 bits per heavy atom. The summed E-state index contributed by atoms with van der Waals surface area (Å²) in [6.07, 6.45) is 3.48. The van der Waals surface area contributed by atoms with Crippen LogP contribution >= 0.6 is 0 Å². The van der Waals surface area contributed by atoms with Crippen LogP contribution in [-0.2, 0) is 0 Å². The van der Waals surface area contributed by atoms with Gasteiger partial charge in [-0.2, -0.15) is 0 Å². The second-order valence-corrected chi connectivity index (χ2v) is 6.15. The van der Waals surface area contributed by atoms with Gasteiger partial charge < -0.3 is 11.1 Å². The Morgan fingerprint density at radius 1 is 0.923 bits per heavy atom. The molecule has 4 rings (SSSR count). The van der Waals surface area contributed by atoms with E-state index in [-0.39, 0.29) is 6.04 Å². The minimum Gasteiger partial charge on any atom is -0.381 e. The lowest BCUT2D eigenvalue weighted by Crippen LogP contribution is -2.11. The molecule has 0 radical (unpaired) electrons. The van der Waals surface area contributed by atoms with E-state index < -0.39 is 0 Å². The fraction of sp³-hybridized carbons (Fsp3) is 0.0952. The molecule has 2 heterocycles. The summed E-state index contributed by atoms with van der Waals surface area (Å²) in [7, 11) is 0. The summed E-state index contributed by atoms with van der Waals surface area (Å²) >= 11 is 0. The molecule has 26 heavy (non-hydrogen) atoms. The summed E-state index contributed by atoms with van der Waals surface area (Å²) < 4.78 is 0. The monoisotopic (exact) mass is 341 g/mol. The summed E-state index contributed by atoms with van der Waals surface area (Å²) in [5.41, 5.74) is 9.79. The second-order valence-electron chi connectivity index (χ2n) is 6.15. The Bertz CT molecular complexity index is 1040. The van der Waals surface area contributed by atoms with Gasteiger partial charge in [-0.25, -0.2) is 9.97 Å². The number of nitrogens with one attached hydrogen (secondary N) is 1. The number of aromatic nitrogens is 3. The summed E-state index contributed by atoms with van der Waals surface area (Å²) in [6.45, 7) is 2.07. The molecular weight excluding hydrogens is 322 g/mol. The largest absolute Gasteiger partial charge is 0.381 e. The number of benzene rings is 2. The van der Waals surface area contributed by atoms with Crippen LogP contribution in [0.1, 0.15) is 18.5 Å². The van der Waals surface area contributed by atoms with Gasteiger partial charge in [0.05, 0.1) is 23.4 Å². The van der Waals surface area contributed by atoms with Crippen LogP contribution in [0.3, 0.4) is 0 Å². The number of hydrogen-bond acceptors (Lipinski definition) is 5. The number of nitrogens with zero attached hydrogens (tertiary/aromatic N) is 3. The van der Waals surface area contributed by atoms with E-state index in [1.165, 1.54) is 0 Å². The topological polar surface area (TPSA) is 76.7 Å². The highest BCUT2D eigenvalue weighted by Crippen LogP contribution is 2.28. The zero-order valence-electron chi connectivity index (χ0n) is 14.4. The summed E-state index contributed by atoms with van der Waals surface area (Å²) in [6, 6.07) is 20.2. The lowest BCUT2D eigenvalue weighted by molar-refractivity contribution is 0.873. The summed E-state index contributed by atoms with van der Waals surface area (Å²) in [5, 5.41) is 4.43. The van der Waals surface area contributed by atoms with Gasteiger partial charge in [-0.15, -0.1) is 0 Å².